The van der Waals surface area contributed by atoms with Crippen LogP contribution >= 0.6 is 0 Å². The summed E-state index contributed by atoms with van der Waals surface area (Å²) in [7, 11) is 0. The van der Waals surface area contributed by atoms with Gasteiger partial charge in [0.25, 0.3) is 0 Å². The van der Waals surface area contributed by atoms with E-state index in [9.17, 15) is 9.59 Å². The molecule has 3 fully saturated rings. The zero-order valence-electron chi connectivity index (χ0n) is 16.5. The molecule has 0 saturated heterocycles. The standard InChI is InChI=1S/C23H32O3/c1-4-5-12-26-20-14-23(3)15(13-19(20)24)6-7-16-17-8-9-21(25)22(17,2)11-10-18(16)23/h13-14,16-18H,4-12H2,1-3H3/t16-,17-,18-,22-,23-/m0/s1. The van der Waals surface area contributed by atoms with E-state index in [0.29, 0.717) is 35.9 Å². The van der Waals surface area contributed by atoms with Gasteiger partial charge in [-0.2, -0.15) is 0 Å². The zero-order valence-corrected chi connectivity index (χ0v) is 16.5. The molecule has 26 heavy (non-hydrogen) atoms. The van der Waals surface area contributed by atoms with E-state index in [1.54, 1.807) is 0 Å². The maximum Gasteiger partial charge on any atom is 0.220 e. The molecule has 3 nitrogen and oxygen atoms in total. The minimum atomic E-state index is -0.0899. The lowest BCUT2D eigenvalue weighted by atomic mass is 9.48. The number of fused-ring (bicyclic) bond motifs is 5. The molecule has 0 heterocycles. The molecule has 5 atom stereocenters. The highest BCUT2D eigenvalue weighted by Gasteiger charge is 2.58. The summed E-state index contributed by atoms with van der Waals surface area (Å²) in [5.41, 5.74) is 1.12. The normalized spacial score (nSPS) is 41.7. The second-order valence-electron chi connectivity index (χ2n) is 9.36. The Morgan fingerprint density at radius 2 is 1.92 bits per heavy atom. The van der Waals surface area contributed by atoms with Crippen LogP contribution in [0.3, 0.4) is 0 Å². The molecule has 4 aliphatic carbocycles. The summed E-state index contributed by atoms with van der Waals surface area (Å²) in [6.45, 7) is 7.28. The molecule has 0 aromatic carbocycles. The van der Waals surface area contributed by atoms with Crippen LogP contribution in [-0.2, 0) is 14.3 Å². The molecule has 3 heteroatoms. The minimum absolute atomic E-state index is 0.0451. The highest BCUT2D eigenvalue weighted by atomic mass is 16.5. The van der Waals surface area contributed by atoms with Crippen molar-refractivity contribution in [1.82, 2.24) is 0 Å². The fraction of sp³-hybridized carbons (Fsp3) is 0.739. The van der Waals surface area contributed by atoms with Gasteiger partial charge in [0.2, 0.25) is 5.78 Å². The summed E-state index contributed by atoms with van der Waals surface area (Å²) in [6.07, 6.45) is 12.1. The first-order valence-corrected chi connectivity index (χ1v) is 10.5. The first-order valence-electron chi connectivity index (χ1n) is 10.5. The molecule has 0 unspecified atom stereocenters. The second-order valence-corrected chi connectivity index (χ2v) is 9.36. The largest absolute Gasteiger partial charge is 0.490 e. The van der Waals surface area contributed by atoms with Gasteiger partial charge in [0.15, 0.2) is 5.76 Å². The summed E-state index contributed by atoms with van der Waals surface area (Å²) in [5.74, 6) is 2.76. The third kappa shape index (κ3) is 2.53. The minimum Gasteiger partial charge on any atom is -0.490 e. The van der Waals surface area contributed by atoms with Crippen LogP contribution in [0.15, 0.2) is 23.5 Å². The van der Waals surface area contributed by atoms with Crippen LogP contribution in [0.25, 0.3) is 0 Å². The molecule has 0 N–H and O–H groups in total. The molecular weight excluding hydrogens is 324 g/mol. The van der Waals surface area contributed by atoms with Crippen LogP contribution in [0.5, 0.6) is 0 Å². The van der Waals surface area contributed by atoms with E-state index in [1.807, 2.05) is 6.08 Å². The number of Topliss-reactive ketones (excluding diaryl/α,β-unsaturated/α-hetero) is 1. The third-order valence-electron chi connectivity index (χ3n) is 8.09. The van der Waals surface area contributed by atoms with Crippen LogP contribution in [0, 0.1) is 28.6 Å². The number of hydrogen-bond donors (Lipinski definition) is 0. The number of allylic oxidation sites excluding steroid dienone is 3. The number of carbonyl (C=O) groups excluding carboxylic acids is 2. The Morgan fingerprint density at radius 3 is 2.69 bits per heavy atom. The molecule has 4 rings (SSSR count). The smallest absolute Gasteiger partial charge is 0.220 e. The van der Waals surface area contributed by atoms with Crippen LogP contribution < -0.4 is 0 Å². The molecule has 0 aromatic rings. The second kappa shape index (κ2) is 6.35. The van der Waals surface area contributed by atoms with Crippen molar-refractivity contribution in [3.8, 4) is 0 Å². The predicted molar refractivity (Wildman–Crippen MR) is 101 cm³/mol. The number of ketones is 2. The molecule has 0 aromatic heterocycles. The van der Waals surface area contributed by atoms with Crippen molar-refractivity contribution in [1.29, 1.82) is 0 Å². The fourth-order valence-corrected chi connectivity index (χ4v) is 6.47. The van der Waals surface area contributed by atoms with Crippen molar-refractivity contribution in [3.63, 3.8) is 0 Å². The van der Waals surface area contributed by atoms with Crippen molar-refractivity contribution in [2.75, 3.05) is 6.61 Å². The quantitative estimate of drug-likeness (QED) is 0.665. The summed E-state index contributed by atoms with van der Waals surface area (Å²) < 4.78 is 5.87. The Morgan fingerprint density at radius 1 is 1.12 bits per heavy atom. The van der Waals surface area contributed by atoms with Gasteiger partial charge in [-0.05, 0) is 68.4 Å². The maximum atomic E-state index is 12.5. The summed E-state index contributed by atoms with van der Waals surface area (Å²) in [6, 6.07) is 0. The number of carbonyl (C=O) groups is 2. The number of hydrogen-bond acceptors (Lipinski definition) is 3. The highest BCUT2D eigenvalue weighted by molar-refractivity contribution is 6.04. The van der Waals surface area contributed by atoms with Gasteiger partial charge in [0.05, 0.1) is 6.61 Å². The molecular formula is C23H32O3. The number of ether oxygens (including phenoxy) is 1. The lowest BCUT2D eigenvalue weighted by Crippen LogP contribution is -2.50. The summed E-state index contributed by atoms with van der Waals surface area (Å²) in [4.78, 5) is 25.0. The molecule has 0 bridgehead atoms. The lowest BCUT2D eigenvalue weighted by molar-refractivity contribution is -0.131. The Labute approximate surface area is 157 Å². The molecule has 3 saturated carbocycles. The van der Waals surface area contributed by atoms with Gasteiger partial charge < -0.3 is 4.74 Å². The van der Waals surface area contributed by atoms with Gasteiger partial charge in [0, 0.05) is 17.3 Å². The number of rotatable bonds is 4. The molecule has 0 radical (unpaired) electrons. The monoisotopic (exact) mass is 356 g/mol. The van der Waals surface area contributed by atoms with Crippen LogP contribution in [-0.4, -0.2) is 18.2 Å². The summed E-state index contributed by atoms with van der Waals surface area (Å²) in [5, 5.41) is 0. The topological polar surface area (TPSA) is 43.4 Å². The Balaban J connectivity index is 1.63. The van der Waals surface area contributed by atoms with E-state index in [-0.39, 0.29) is 16.6 Å². The zero-order chi connectivity index (χ0) is 18.5. The highest BCUT2D eigenvalue weighted by Crippen LogP contribution is 2.63. The fourth-order valence-electron chi connectivity index (χ4n) is 6.47. The Kier molecular flexibility index (Phi) is 4.40. The average molecular weight is 357 g/mol. The van der Waals surface area contributed by atoms with Gasteiger partial charge in [-0.3, -0.25) is 9.59 Å². The molecule has 0 amide bonds. The van der Waals surface area contributed by atoms with Gasteiger partial charge in [-0.25, -0.2) is 0 Å². The van der Waals surface area contributed by atoms with Gasteiger partial charge in [0.1, 0.15) is 5.78 Å². The van der Waals surface area contributed by atoms with E-state index < -0.39 is 0 Å². The number of unbranched alkanes of at least 4 members (excludes halogenated alkanes) is 1. The van der Waals surface area contributed by atoms with Gasteiger partial charge >= 0.3 is 0 Å². The van der Waals surface area contributed by atoms with Crippen LogP contribution in [0.2, 0.25) is 0 Å². The van der Waals surface area contributed by atoms with Crippen molar-refractivity contribution in [2.45, 2.75) is 72.1 Å². The van der Waals surface area contributed by atoms with Crippen molar-refractivity contribution < 1.29 is 14.3 Å². The summed E-state index contributed by atoms with van der Waals surface area (Å²) >= 11 is 0. The van der Waals surface area contributed by atoms with E-state index in [1.165, 1.54) is 5.57 Å². The van der Waals surface area contributed by atoms with Crippen molar-refractivity contribution in [2.24, 2.45) is 28.6 Å². The molecule has 0 aliphatic heterocycles. The predicted octanol–water partition coefficient (Wildman–Crippen LogP) is 5.01. The van der Waals surface area contributed by atoms with Crippen LogP contribution in [0.4, 0.5) is 0 Å². The van der Waals surface area contributed by atoms with Crippen LogP contribution in [0.1, 0.15) is 72.1 Å². The molecule has 142 valence electrons. The van der Waals surface area contributed by atoms with E-state index in [2.05, 4.69) is 26.8 Å². The van der Waals surface area contributed by atoms with Gasteiger partial charge in [-0.15, -0.1) is 0 Å². The first-order chi connectivity index (χ1) is 12.4. The van der Waals surface area contributed by atoms with E-state index >= 15 is 0 Å². The maximum absolute atomic E-state index is 12.5. The van der Waals surface area contributed by atoms with Gasteiger partial charge in [-0.1, -0.05) is 32.8 Å². The van der Waals surface area contributed by atoms with E-state index in [0.717, 1.165) is 51.4 Å². The van der Waals surface area contributed by atoms with Crippen molar-refractivity contribution in [3.05, 3.63) is 23.5 Å². The molecule has 0 spiro atoms. The van der Waals surface area contributed by atoms with Crippen molar-refractivity contribution >= 4 is 11.6 Å². The molecule has 4 aliphatic rings. The first kappa shape index (κ1) is 18.0. The lowest BCUT2D eigenvalue weighted by Gasteiger charge is -2.55. The Hall–Kier alpha value is -1.38. The average Bonchev–Trinajstić information content (AvgIpc) is 2.91. The van der Waals surface area contributed by atoms with E-state index in [4.69, 9.17) is 4.74 Å². The third-order valence-corrected chi connectivity index (χ3v) is 8.09. The SMILES string of the molecule is CCCCOC1=C[C@@]2(C)C(=CC1=O)CC[C@@H]1[C@@H]2CC[C@]2(C)C(=O)CC[C@@H]12. The Bertz CT molecular complexity index is 688.